The van der Waals surface area contributed by atoms with Gasteiger partial charge in [0.15, 0.2) is 11.6 Å². The number of piperazine rings is 1. The van der Waals surface area contributed by atoms with Gasteiger partial charge in [0.05, 0.1) is 11.1 Å². The van der Waals surface area contributed by atoms with E-state index >= 15 is 0 Å². The van der Waals surface area contributed by atoms with Gasteiger partial charge in [0.1, 0.15) is 12.4 Å². The van der Waals surface area contributed by atoms with Crippen LogP contribution in [-0.2, 0) is 20.7 Å². The Kier molecular flexibility index (Phi) is 10.9. The molecule has 4 rings (SSSR count). The molecule has 224 valence electrons. The number of aryl methyl sites for hydroxylation is 1. The number of ether oxygens (including phenoxy) is 1. The Morgan fingerprint density at radius 1 is 1.10 bits per heavy atom. The summed E-state index contributed by atoms with van der Waals surface area (Å²) in [5.41, 5.74) is 1.33. The second-order valence-electron chi connectivity index (χ2n) is 10.3. The number of nitrogens with zero attached hydrogens (tertiary/aromatic N) is 4. The van der Waals surface area contributed by atoms with Gasteiger partial charge in [-0.3, -0.25) is 14.9 Å². The fourth-order valence-electron chi connectivity index (χ4n) is 4.64. The molecule has 0 bridgehead atoms. The highest BCUT2D eigenvalue weighted by Crippen LogP contribution is 2.23. The predicted molar refractivity (Wildman–Crippen MR) is 157 cm³/mol. The van der Waals surface area contributed by atoms with Gasteiger partial charge in [-0.1, -0.05) is 59.2 Å². The average molecular weight is 600 g/mol. The van der Waals surface area contributed by atoms with E-state index in [1.165, 1.54) is 11.0 Å². The van der Waals surface area contributed by atoms with Crippen LogP contribution in [0.2, 0.25) is 5.02 Å². The average Bonchev–Trinajstić information content (AvgIpc) is 3.46. The molecule has 0 aliphatic carbocycles. The summed E-state index contributed by atoms with van der Waals surface area (Å²) in [5.74, 6) is -0.147. The van der Waals surface area contributed by atoms with Gasteiger partial charge in [-0.25, -0.2) is 9.18 Å². The van der Waals surface area contributed by atoms with Crippen molar-refractivity contribution in [1.29, 1.82) is 0 Å². The normalized spacial score (nSPS) is 14.3. The Balaban J connectivity index is 1.36. The van der Waals surface area contributed by atoms with Crippen LogP contribution < -0.4 is 5.32 Å². The van der Waals surface area contributed by atoms with Crippen LogP contribution in [-0.4, -0.2) is 90.7 Å². The molecule has 2 heterocycles. The molecule has 1 aliphatic rings. The highest BCUT2D eigenvalue weighted by atomic mass is 35.5. The molecular weight excluding hydrogens is 565 g/mol. The molecule has 3 aromatic rings. The van der Waals surface area contributed by atoms with Gasteiger partial charge in [0.25, 0.3) is 0 Å². The Hall–Kier alpha value is -3.96. The maximum atomic E-state index is 13.8. The Morgan fingerprint density at radius 3 is 2.57 bits per heavy atom. The van der Waals surface area contributed by atoms with Crippen molar-refractivity contribution >= 4 is 35.3 Å². The van der Waals surface area contributed by atoms with E-state index in [-0.39, 0.29) is 48.5 Å². The van der Waals surface area contributed by atoms with E-state index in [2.05, 4.69) is 15.4 Å². The molecule has 10 nitrogen and oxygen atoms in total. The molecular formula is C30H35ClFN5O5. The fraction of sp³-hybridized carbons (Fsp3) is 0.400. The van der Waals surface area contributed by atoms with Crippen molar-refractivity contribution < 1.29 is 28.0 Å². The lowest BCUT2D eigenvalue weighted by atomic mass is 10.1. The lowest BCUT2D eigenvalue weighted by Gasteiger charge is -2.33. The van der Waals surface area contributed by atoms with Gasteiger partial charge in [-0.15, -0.1) is 0 Å². The number of halogens is 2. The zero-order chi connectivity index (χ0) is 30.1. The molecule has 1 N–H and O–H groups in total. The van der Waals surface area contributed by atoms with Crippen molar-refractivity contribution in [2.75, 3.05) is 52.2 Å². The molecule has 1 atom stereocenters. The van der Waals surface area contributed by atoms with Crippen molar-refractivity contribution in [3.63, 3.8) is 0 Å². The number of amides is 3. The van der Waals surface area contributed by atoms with Gasteiger partial charge in [0.2, 0.25) is 11.8 Å². The number of nitrogens with one attached hydrogen (secondary N) is 1. The summed E-state index contributed by atoms with van der Waals surface area (Å²) in [7, 11) is 3.62. The fourth-order valence-corrected chi connectivity index (χ4v) is 4.86. The van der Waals surface area contributed by atoms with Crippen molar-refractivity contribution in [3.05, 3.63) is 71.0 Å². The maximum absolute atomic E-state index is 13.8. The van der Waals surface area contributed by atoms with Gasteiger partial charge in [-0.2, -0.15) is 0 Å². The van der Waals surface area contributed by atoms with E-state index in [4.69, 9.17) is 20.9 Å². The van der Waals surface area contributed by atoms with E-state index in [1.54, 1.807) is 25.2 Å². The van der Waals surface area contributed by atoms with Crippen LogP contribution in [0.5, 0.6) is 0 Å². The summed E-state index contributed by atoms with van der Waals surface area (Å²) >= 11 is 6.05. The third kappa shape index (κ3) is 8.53. The second kappa shape index (κ2) is 14.8. The van der Waals surface area contributed by atoms with Crippen LogP contribution in [0.1, 0.15) is 24.8 Å². The number of anilines is 1. The molecule has 1 saturated heterocycles. The number of rotatable bonds is 11. The molecule has 0 saturated carbocycles. The van der Waals surface area contributed by atoms with Crippen LogP contribution in [0.4, 0.5) is 15.0 Å². The number of carbonyl (C=O) groups is 3. The number of hydrogen-bond acceptors (Lipinski definition) is 7. The molecule has 12 heteroatoms. The molecule has 1 aliphatic heterocycles. The second-order valence-corrected chi connectivity index (χ2v) is 10.6. The first-order chi connectivity index (χ1) is 20.2. The summed E-state index contributed by atoms with van der Waals surface area (Å²) in [6, 6.07) is 14.8. The number of carbonyl (C=O) groups excluding carboxylic acids is 3. The molecule has 0 spiro atoms. The van der Waals surface area contributed by atoms with Gasteiger partial charge < -0.3 is 24.0 Å². The van der Waals surface area contributed by atoms with Crippen LogP contribution >= 0.6 is 11.6 Å². The maximum Gasteiger partial charge on any atom is 0.412 e. The Morgan fingerprint density at radius 2 is 1.83 bits per heavy atom. The first-order valence-corrected chi connectivity index (χ1v) is 14.2. The molecule has 2 aromatic carbocycles. The minimum Gasteiger partial charge on any atom is -0.447 e. The summed E-state index contributed by atoms with van der Waals surface area (Å²) in [5, 5.41) is 6.39. The smallest absolute Gasteiger partial charge is 0.412 e. The van der Waals surface area contributed by atoms with Crippen molar-refractivity contribution in [1.82, 2.24) is 19.9 Å². The molecule has 1 aromatic heterocycles. The monoisotopic (exact) mass is 599 g/mol. The SMILES string of the molecule is CN1CCN(C(=O)CC[C@@H](COC(=O)Nc2cc(-c3ccccc3)on2)N(C)C(=O)CCc2cccc(F)c2Cl)CC1. The first kappa shape index (κ1) is 31.0. The Labute approximate surface area is 249 Å². The Bertz CT molecular complexity index is 1360. The molecule has 42 heavy (non-hydrogen) atoms. The van der Waals surface area contributed by atoms with E-state index in [1.807, 2.05) is 42.3 Å². The number of hydrogen-bond donors (Lipinski definition) is 1. The van der Waals surface area contributed by atoms with Crippen LogP contribution in [0.15, 0.2) is 59.1 Å². The van der Waals surface area contributed by atoms with Crippen molar-refractivity contribution in [2.24, 2.45) is 0 Å². The topological polar surface area (TPSA) is 108 Å². The number of likely N-dealkylation sites (N-methyl/N-ethyl adjacent to an activating group) is 2. The van der Waals surface area contributed by atoms with Crippen molar-refractivity contribution in [3.8, 4) is 11.3 Å². The number of benzene rings is 2. The highest BCUT2D eigenvalue weighted by Gasteiger charge is 2.26. The zero-order valence-corrected chi connectivity index (χ0v) is 24.5. The van der Waals surface area contributed by atoms with E-state index < -0.39 is 18.0 Å². The van der Waals surface area contributed by atoms with E-state index in [0.29, 0.717) is 30.8 Å². The summed E-state index contributed by atoms with van der Waals surface area (Å²) in [6.45, 7) is 2.74. The molecule has 0 radical (unpaired) electrons. The lowest BCUT2D eigenvalue weighted by Crippen LogP contribution is -2.47. The minimum atomic E-state index is -0.773. The highest BCUT2D eigenvalue weighted by molar-refractivity contribution is 6.31. The summed E-state index contributed by atoms with van der Waals surface area (Å²) in [4.78, 5) is 44.1. The number of aromatic nitrogens is 1. The first-order valence-electron chi connectivity index (χ1n) is 13.8. The minimum absolute atomic E-state index is 0.00874. The summed E-state index contributed by atoms with van der Waals surface area (Å²) < 4.78 is 24.6. The van der Waals surface area contributed by atoms with Crippen LogP contribution in [0.3, 0.4) is 0 Å². The van der Waals surface area contributed by atoms with E-state index in [0.717, 1.165) is 18.7 Å². The van der Waals surface area contributed by atoms with Gasteiger partial charge in [-0.05, 0) is 31.5 Å². The molecule has 0 unspecified atom stereocenters. The summed E-state index contributed by atoms with van der Waals surface area (Å²) in [6.07, 6.45) is 0.0191. The van der Waals surface area contributed by atoms with Crippen LogP contribution in [0, 0.1) is 5.82 Å². The quantitative estimate of drug-likeness (QED) is 0.340. The van der Waals surface area contributed by atoms with Crippen LogP contribution in [0.25, 0.3) is 11.3 Å². The van der Waals surface area contributed by atoms with Crippen molar-refractivity contribution in [2.45, 2.75) is 31.7 Å². The van der Waals surface area contributed by atoms with E-state index in [9.17, 15) is 18.8 Å². The van der Waals surface area contributed by atoms with Gasteiger partial charge >= 0.3 is 6.09 Å². The largest absolute Gasteiger partial charge is 0.447 e. The zero-order valence-electron chi connectivity index (χ0n) is 23.7. The standard InChI is InChI=1S/C30H35ClFN5O5/c1-35-15-17-37(18-16-35)28(39)14-12-23(36(2)27(38)13-11-22-9-6-10-24(32)29(22)31)20-41-30(40)33-26-19-25(42-34-26)21-7-4-3-5-8-21/h3-10,19,23H,11-18,20H2,1-2H3,(H,33,34,40)/t23-/m0/s1. The predicted octanol–water partition coefficient (Wildman–Crippen LogP) is 4.70. The molecule has 1 fully saturated rings. The van der Waals surface area contributed by atoms with Gasteiger partial charge in [0, 0.05) is 57.7 Å². The lowest BCUT2D eigenvalue weighted by molar-refractivity contribution is -0.136. The third-order valence-corrected chi connectivity index (χ3v) is 7.76. The molecule has 3 amide bonds. The third-order valence-electron chi connectivity index (χ3n) is 7.33.